The Labute approximate surface area is 100 Å². The van der Waals surface area contributed by atoms with Crippen LogP contribution in [0.2, 0.25) is 0 Å². The van der Waals surface area contributed by atoms with E-state index in [-0.39, 0.29) is 0 Å². The van der Waals surface area contributed by atoms with Crippen LogP contribution >= 0.6 is 0 Å². The van der Waals surface area contributed by atoms with Crippen LogP contribution in [0.4, 0.5) is 5.69 Å². The van der Waals surface area contributed by atoms with Crippen LogP contribution in [0.5, 0.6) is 11.5 Å². The van der Waals surface area contributed by atoms with Crippen molar-refractivity contribution in [2.45, 2.75) is 6.61 Å². The van der Waals surface area contributed by atoms with Crippen molar-refractivity contribution in [2.24, 2.45) is 0 Å². The summed E-state index contributed by atoms with van der Waals surface area (Å²) < 4.78 is 10.8. The molecule has 2 rings (SSSR count). The topological polar surface area (TPSA) is 57.4 Å². The number of hydrogen-bond donors (Lipinski definition) is 1. The SMILES string of the molecule is COc1ccccc1OCc1cnccc1N. The van der Waals surface area contributed by atoms with Gasteiger partial charge in [-0.2, -0.15) is 0 Å². The Bertz CT molecular complexity index is 500. The third kappa shape index (κ3) is 2.66. The minimum absolute atomic E-state index is 0.375. The van der Waals surface area contributed by atoms with Crippen LogP contribution in [0.15, 0.2) is 42.7 Å². The Morgan fingerprint density at radius 1 is 1.18 bits per heavy atom. The molecule has 88 valence electrons. The summed E-state index contributed by atoms with van der Waals surface area (Å²) in [5.41, 5.74) is 7.34. The molecule has 0 aliphatic carbocycles. The Morgan fingerprint density at radius 3 is 2.65 bits per heavy atom. The maximum absolute atomic E-state index is 5.80. The van der Waals surface area contributed by atoms with Gasteiger partial charge in [-0.1, -0.05) is 12.1 Å². The van der Waals surface area contributed by atoms with E-state index >= 15 is 0 Å². The second-order valence-corrected chi connectivity index (χ2v) is 3.51. The molecule has 4 heteroatoms. The zero-order valence-corrected chi connectivity index (χ0v) is 9.59. The maximum atomic E-state index is 5.80. The molecule has 0 fully saturated rings. The van der Waals surface area contributed by atoms with Crippen LogP contribution in [0.1, 0.15) is 5.56 Å². The first-order valence-corrected chi connectivity index (χ1v) is 5.25. The molecule has 17 heavy (non-hydrogen) atoms. The van der Waals surface area contributed by atoms with Crippen molar-refractivity contribution in [3.63, 3.8) is 0 Å². The molecular formula is C13H14N2O2. The van der Waals surface area contributed by atoms with Crippen molar-refractivity contribution in [1.29, 1.82) is 0 Å². The fourth-order valence-corrected chi connectivity index (χ4v) is 1.45. The number of ether oxygens (including phenoxy) is 2. The molecule has 0 atom stereocenters. The van der Waals surface area contributed by atoms with Gasteiger partial charge in [0.05, 0.1) is 7.11 Å². The molecule has 1 heterocycles. The van der Waals surface area contributed by atoms with Gasteiger partial charge in [0.1, 0.15) is 6.61 Å². The van der Waals surface area contributed by atoms with Crippen molar-refractivity contribution in [3.8, 4) is 11.5 Å². The maximum Gasteiger partial charge on any atom is 0.161 e. The van der Waals surface area contributed by atoms with E-state index in [0.717, 1.165) is 5.56 Å². The summed E-state index contributed by atoms with van der Waals surface area (Å²) in [5, 5.41) is 0. The van der Waals surface area contributed by atoms with Crippen LogP contribution in [0.3, 0.4) is 0 Å². The Morgan fingerprint density at radius 2 is 1.94 bits per heavy atom. The zero-order chi connectivity index (χ0) is 12.1. The van der Waals surface area contributed by atoms with Gasteiger partial charge in [0.2, 0.25) is 0 Å². The highest BCUT2D eigenvalue weighted by atomic mass is 16.5. The zero-order valence-electron chi connectivity index (χ0n) is 9.59. The largest absolute Gasteiger partial charge is 0.493 e. The quantitative estimate of drug-likeness (QED) is 0.875. The molecular weight excluding hydrogens is 216 g/mol. The summed E-state index contributed by atoms with van der Waals surface area (Å²) in [6, 6.07) is 9.24. The van der Waals surface area contributed by atoms with Gasteiger partial charge in [0.25, 0.3) is 0 Å². The molecule has 1 aromatic heterocycles. The predicted octanol–water partition coefficient (Wildman–Crippen LogP) is 2.25. The van der Waals surface area contributed by atoms with Crippen molar-refractivity contribution >= 4 is 5.69 Å². The molecule has 4 nitrogen and oxygen atoms in total. The number of anilines is 1. The summed E-state index contributed by atoms with van der Waals surface area (Å²) in [6.07, 6.45) is 3.35. The van der Waals surface area contributed by atoms with Gasteiger partial charge in [0.15, 0.2) is 11.5 Å². The Kier molecular flexibility index (Phi) is 3.45. The standard InChI is InChI=1S/C13H14N2O2/c1-16-12-4-2-3-5-13(12)17-9-10-8-15-7-6-11(10)14/h2-8H,9H2,1H3,(H2,14,15). The van der Waals surface area contributed by atoms with E-state index in [4.69, 9.17) is 15.2 Å². The van der Waals surface area contributed by atoms with Crippen molar-refractivity contribution in [3.05, 3.63) is 48.3 Å². The number of para-hydroxylation sites is 2. The lowest BCUT2D eigenvalue weighted by Crippen LogP contribution is -2.01. The number of nitrogens with two attached hydrogens (primary N) is 1. The smallest absolute Gasteiger partial charge is 0.161 e. The second-order valence-electron chi connectivity index (χ2n) is 3.51. The van der Waals surface area contributed by atoms with Crippen LogP contribution in [-0.2, 0) is 6.61 Å². The lowest BCUT2D eigenvalue weighted by atomic mass is 10.2. The first-order valence-electron chi connectivity index (χ1n) is 5.25. The van der Waals surface area contributed by atoms with E-state index in [2.05, 4.69) is 4.98 Å². The number of methoxy groups -OCH3 is 1. The van der Waals surface area contributed by atoms with Crippen molar-refractivity contribution < 1.29 is 9.47 Å². The highest BCUT2D eigenvalue weighted by Gasteiger charge is 2.04. The van der Waals surface area contributed by atoms with E-state index in [1.807, 2.05) is 24.3 Å². The van der Waals surface area contributed by atoms with Crippen LogP contribution < -0.4 is 15.2 Å². The molecule has 1 aromatic carbocycles. The molecule has 0 radical (unpaired) electrons. The molecule has 0 aliphatic heterocycles. The third-order valence-corrected chi connectivity index (χ3v) is 2.39. The highest BCUT2D eigenvalue weighted by Crippen LogP contribution is 2.27. The summed E-state index contributed by atoms with van der Waals surface area (Å²) in [4.78, 5) is 4.01. The Balaban J connectivity index is 2.10. The fraction of sp³-hybridized carbons (Fsp3) is 0.154. The molecule has 0 saturated heterocycles. The summed E-state index contributed by atoms with van der Waals surface area (Å²) in [7, 11) is 1.61. The van der Waals surface area contributed by atoms with Gasteiger partial charge in [-0.15, -0.1) is 0 Å². The number of nitrogens with zero attached hydrogens (tertiary/aromatic N) is 1. The van der Waals surface area contributed by atoms with E-state index in [0.29, 0.717) is 23.8 Å². The molecule has 0 unspecified atom stereocenters. The number of nitrogen functional groups attached to an aromatic ring is 1. The third-order valence-electron chi connectivity index (χ3n) is 2.39. The van der Waals surface area contributed by atoms with E-state index < -0.39 is 0 Å². The van der Waals surface area contributed by atoms with Crippen LogP contribution in [-0.4, -0.2) is 12.1 Å². The fourth-order valence-electron chi connectivity index (χ4n) is 1.45. The molecule has 0 spiro atoms. The minimum Gasteiger partial charge on any atom is -0.493 e. The minimum atomic E-state index is 0.375. The highest BCUT2D eigenvalue weighted by molar-refractivity contribution is 5.45. The van der Waals surface area contributed by atoms with Gasteiger partial charge >= 0.3 is 0 Å². The first-order chi connectivity index (χ1) is 8.31. The van der Waals surface area contributed by atoms with E-state index in [1.54, 1.807) is 25.6 Å². The number of aromatic nitrogens is 1. The van der Waals surface area contributed by atoms with E-state index in [1.165, 1.54) is 0 Å². The summed E-state index contributed by atoms with van der Waals surface area (Å²) in [6.45, 7) is 0.375. The molecule has 2 aromatic rings. The first kappa shape index (κ1) is 11.3. The summed E-state index contributed by atoms with van der Waals surface area (Å²) >= 11 is 0. The number of hydrogen-bond acceptors (Lipinski definition) is 4. The average Bonchev–Trinajstić information content (AvgIpc) is 2.38. The average molecular weight is 230 g/mol. The van der Waals surface area contributed by atoms with Crippen LogP contribution in [0.25, 0.3) is 0 Å². The van der Waals surface area contributed by atoms with Crippen molar-refractivity contribution in [2.75, 3.05) is 12.8 Å². The van der Waals surface area contributed by atoms with Gasteiger partial charge in [0, 0.05) is 23.6 Å². The van der Waals surface area contributed by atoms with Crippen LogP contribution in [0, 0.1) is 0 Å². The van der Waals surface area contributed by atoms with Gasteiger partial charge < -0.3 is 15.2 Å². The lowest BCUT2D eigenvalue weighted by Gasteiger charge is -2.11. The summed E-state index contributed by atoms with van der Waals surface area (Å²) in [5.74, 6) is 1.40. The van der Waals surface area contributed by atoms with E-state index in [9.17, 15) is 0 Å². The van der Waals surface area contributed by atoms with Gasteiger partial charge in [-0.25, -0.2) is 0 Å². The number of benzene rings is 1. The number of pyridine rings is 1. The monoisotopic (exact) mass is 230 g/mol. The molecule has 0 amide bonds. The van der Waals surface area contributed by atoms with Crippen molar-refractivity contribution in [1.82, 2.24) is 4.98 Å². The predicted molar refractivity (Wildman–Crippen MR) is 66.0 cm³/mol. The molecule has 0 aliphatic rings. The van der Waals surface area contributed by atoms with Gasteiger partial charge in [-0.05, 0) is 18.2 Å². The number of rotatable bonds is 4. The second kappa shape index (κ2) is 5.21. The van der Waals surface area contributed by atoms with Gasteiger partial charge in [-0.3, -0.25) is 4.98 Å². The molecule has 0 bridgehead atoms. The molecule has 2 N–H and O–H groups in total. The lowest BCUT2D eigenvalue weighted by molar-refractivity contribution is 0.284. The molecule has 0 saturated carbocycles. The normalized spacial score (nSPS) is 9.94. The Hall–Kier alpha value is -2.23.